The van der Waals surface area contributed by atoms with Crippen molar-refractivity contribution in [2.75, 3.05) is 12.4 Å². The number of hydrogen-bond donors (Lipinski definition) is 3. The Bertz CT molecular complexity index is 684. The van der Waals surface area contributed by atoms with Crippen LogP contribution in [-0.4, -0.2) is 19.0 Å². The predicted molar refractivity (Wildman–Crippen MR) is 98.2 cm³/mol. The van der Waals surface area contributed by atoms with Crippen LogP contribution >= 0.6 is 24.0 Å². The Balaban J connectivity index is 0.00000264. The number of methoxy groups -OCH3 is 1. The van der Waals surface area contributed by atoms with Crippen LogP contribution < -0.4 is 21.5 Å². The highest BCUT2D eigenvalue weighted by molar-refractivity contribution is 6.30. The lowest BCUT2D eigenvalue weighted by atomic mass is 10.3. The van der Waals surface area contributed by atoms with E-state index < -0.39 is 0 Å². The fourth-order valence-electron chi connectivity index (χ4n) is 1.65. The molecule has 2 rings (SSSR count). The molecule has 2 aromatic rings. The second-order valence-corrected chi connectivity index (χ2v) is 4.73. The van der Waals surface area contributed by atoms with Crippen molar-refractivity contribution in [3.63, 3.8) is 0 Å². The van der Waals surface area contributed by atoms with Crippen LogP contribution in [0.1, 0.15) is 0 Å². The van der Waals surface area contributed by atoms with Crippen LogP contribution in [0.5, 0.6) is 5.75 Å². The highest BCUT2D eigenvalue weighted by Gasteiger charge is 1.98. The minimum atomic E-state index is 0. The quantitative estimate of drug-likeness (QED) is 0.583. The lowest BCUT2D eigenvalue weighted by molar-refractivity contribution is 0.415. The minimum Gasteiger partial charge on any atom is -0.497 e. The minimum absolute atomic E-state index is 0. The Labute approximate surface area is 145 Å². The normalized spacial score (nSPS) is 11.6. The van der Waals surface area contributed by atoms with E-state index in [9.17, 15) is 0 Å². The molecule has 0 saturated carbocycles. The summed E-state index contributed by atoms with van der Waals surface area (Å²) in [6, 6.07) is 14.1. The Morgan fingerprint density at radius 3 is 2.22 bits per heavy atom. The smallest absolute Gasteiger partial charge is 0.223 e. The van der Waals surface area contributed by atoms with Gasteiger partial charge >= 0.3 is 0 Å². The third-order valence-corrected chi connectivity index (χ3v) is 2.92. The summed E-state index contributed by atoms with van der Waals surface area (Å²) < 4.78 is 5.08. The third-order valence-electron chi connectivity index (χ3n) is 2.67. The number of nitrogens with zero attached hydrogens (tertiary/aromatic N) is 2. The molecule has 0 radical (unpaired) electrons. The zero-order valence-corrected chi connectivity index (χ0v) is 13.9. The summed E-state index contributed by atoms with van der Waals surface area (Å²) in [6.07, 6.45) is 0. The summed E-state index contributed by atoms with van der Waals surface area (Å²) in [7, 11) is 1.60. The SMILES string of the molecule is COc1ccc(NC(N)=NC(N)=Nc2ccc(Cl)cc2)cc1.Cl. The molecule has 122 valence electrons. The van der Waals surface area contributed by atoms with Crippen molar-refractivity contribution in [2.45, 2.75) is 0 Å². The standard InChI is InChI=1S/C15H16ClN5O.ClH/c1-22-13-8-6-12(7-9-13)20-15(18)21-14(17)19-11-4-2-10(16)3-5-11;/h2-9H,1H3,(H5,17,18,19,20,21);1H. The van der Waals surface area contributed by atoms with Gasteiger partial charge in [0.1, 0.15) is 5.75 Å². The van der Waals surface area contributed by atoms with E-state index in [0.29, 0.717) is 10.7 Å². The van der Waals surface area contributed by atoms with Gasteiger partial charge in [-0.1, -0.05) is 11.6 Å². The third kappa shape index (κ3) is 6.06. The van der Waals surface area contributed by atoms with Gasteiger partial charge in [0, 0.05) is 10.7 Å². The van der Waals surface area contributed by atoms with E-state index in [1.807, 2.05) is 12.1 Å². The van der Waals surface area contributed by atoms with Crippen molar-refractivity contribution in [1.29, 1.82) is 0 Å². The van der Waals surface area contributed by atoms with Crippen LogP contribution in [0.4, 0.5) is 11.4 Å². The van der Waals surface area contributed by atoms with Crippen molar-refractivity contribution >= 4 is 47.3 Å². The Hall–Kier alpha value is -2.44. The van der Waals surface area contributed by atoms with E-state index in [-0.39, 0.29) is 24.3 Å². The first-order chi connectivity index (χ1) is 10.6. The van der Waals surface area contributed by atoms with Gasteiger partial charge < -0.3 is 21.5 Å². The number of nitrogens with two attached hydrogens (primary N) is 2. The number of halogens is 2. The molecule has 0 aliphatic rings. The fraction of sp³-hybridized carbons (Fsp3) is 0.0667. The van der Waals surface area contributed by atoms with E-state index in [0.717, 1.165) is 11.4 Å². The molecule has 0 spiro atoms. The first-order valence-electron chi connectivity index (χ1n) is 6.42. The number of rotatable bonds is 3. The number of ether oxygens (including phenoxy) is 1. The van der Waals surface area contributed by atoms with E-state index in [1.165, 1.54) is 0 Å². The van der Waals surface area contributed by atoms with Gasteiger partial charge in [-0.2, -0.15) is 4.99 Å². The van der Waals surface area contributed by atoms with E-state index in [1.54, 1.807) is 43.5 Å². The van der Waals surface area contributed by atoms with Gasteiger partial charge in [-0.15, -0.1) is 12.4 Å². The maximum atomic E-state index is 5.80. The summed E-state index contributed by atoms with van der Waals surface area (Å²) in [5, 5.41) is 3.54. The summed E-state index contributed by atoms with van der Waals surface area (Å²) in [4.78, 5) is 8.10. The number of hydrogen-bond acceptors (Lipinski definition) is 2. The maximum absolute atomic E-state index is 5.80. The van der Waals surface area contributed by atoms with E-state index >= 15 is 0 Å². The van der Waals surface area contributed by atoms with E-state index in [2.05, 4.69) is 15.3 Å². The monoisotopic (exact) mass is 353 g/mol. The van der Waals surface area contributed by atoms with Crippen molar-refractivity contribution in [2.24, 2.45) is 21.5 Å². The molecule has 0 saturated heterocycles. The van der Waals surface area contributed by atoms with Crippen LogP contribution in [0.3, 0.4) is 0 Å². The Kier molecular flexibility index (Phi) is 7.18. The molecule has 0 aliphatic carbocycles. The number of guanidine groups is 2. The highest BCUT2D eigenvalue weighted by Crippen LogP contribution is 2.16. The lowest BCUT2D eigenvalue weighted by Gasteiger charge is -2.06. The molecular formula is C15H17Cl2N5O. The van der Waals surface area contributed by atoms with E-state index in [4.69, 9.17) is 27.8 Å². The van der Waals surface area contributed by atoms with Crippen LogP contribution in [0.2, 0.25) is 5.02 Å². The summed E-state index contributed by atoms with van der Waals surface area (Å²) >= 11 is 5.80. The number of anilines is 1. The Morgan fingerprint density at radius 2 is 1.65 bits per heavy atom. The zero-order chi connectivity index (χ0) is 15.9. The molecule has 23 heavy (non-hydrogen) atoms. The van der Waals surface area contributed by atoms with Crippen LogP contribution in [0.25, 0.3) is 0 Å². The van der Waals surface area contributed by atoms with Crippen molar-refractivity contribution in [3.05, 3.63) is 53.6 Å². The van der Waals surface area contributed by atoms with Gasteiger partial charge in [0.05, 0.1) is 12.8 Å². The van der Waals surface area contributed by atoms with Gasteiger partial charge in [0.2, 0.25) is 11.9 Å². The van der Waals surface area contributed by atoms with Gasteiger partial charge in [-0.25, -0.2) is 4.99 Å². The largest absolute Gasteiger partial charge is 0.497 e. The lowest BCUT2D eigenvalue weighted by Crippen LogP contribution is -2.25. The molecule has 0 aromatic heterocycles. The number of nitrogens with one attached hydrogen (secondary N) is 1. The van der Waals surface area contributed by atoms with Crippen LogP contribution in [0, 0.1) is 0 Å². The van der Waals surface area contributed by atoms with Gasteiger partial charge in [-0.3, -0.25) is 0 Å². The first kappa shape index (κ1) is 18.6. The maximum Gasteiger partial charge on any atom is 0.223 e. The van der Waals surface area contributed by atoms with Gasteiger partial charge in [0.25, 0.3) is 0 Å². The summed E-state index contributed by atoms with van der Waals surface area (Å²) in [5.41, 5.74) is 12.9. The molecule has 2 aromatic carbocycles. The first-order valence-corrected chi connectivity index (χ1v) is 6.79. The molecule has 8 heteroatoms. The molecule has 0 aliphatic heterocycles. The second-order valence-electron chi connectivity index (χ2n) is 4.30. The number of aliphatic imine (C=N–C) groups is 2. The summed E-state index contributed by atoms with van der Waals surface area (Å²) in [5.74, 6) is 0.936. The van der Waals surface area contributed by atoms with Crippen molar-refractivity contribution in [3.8, 4) is 5.75 Å². The molecule has 0 atom stereocenters. The fourth-order valence-corrected chi connectivity index (χ4v) is 1.77. The molecule has 0 unspecified atom stereocenters. The van der Waals surface area contributed by atoms with Gasteiger partial charge in [-0.05, 0) is 48.5 Å². The van der Waals surface area contributed by atoms with Crippen molar-refractivity contribution in [1.82, 2.24) is 0 Å². The molecule has 0 heterocycles. The van der Waals surface area contributed by atoms with Crippen molar-refractivity contribution < 1.29 is 4.74 Å². The Morgan fingerprint density at radius 1 is 1.04 bits per heavy atom. The van der Waals surface area contributed by atoms with Crippen LogP contribution in [-0.2, 0) is 0 Å². The molecule has 0 amide bonds. The van der Waals surface area contributed by atoms with Gasteiger partial charge in [0.15, 0.2) is 0 Å². The molecule has 6 nitrogen and oxygen atoms in total. The average Bonchev–Trinajstić information content (AvgIpc) is 2.50. The topological polar surface area (TPSA) is 98.0 Å². The average molecular weight is 354 g/mol. The highest BCUT2D eigenvalue weighted by atomic mass is 35.5. The summed E-state index contributed by atoms with van der Waals surface area (Å²) in [6.45, 7) is 0. The second kappa shape index (κ2) is 8.87. The number of benzene rings is 2. The van der Waals surface area contributed by atoms with Crippen LogP contribution in [0.15, 0.2) is 58.5 Å². The molecule has 0 fully saturated rings. The predicted octanol–water partition coefficient (Wildman–Crippen LogP) is 3.14. The molecular weight excluding hydrogens is 337 g/mol. The molecule has 5 N–H and O–H groups in total. The zero-order valence-electron chi connectivity index (χ0n) is 12.4. The molecule has 0 bridgehead atoms.